The summed E-state index contributed by atoms with van der Waals surface area (Å²) in [5, 5.41) is 0.543. The van der Waals surface area contributed by atoms with Crippen molar-refractivity contribution in [2.75, 3.05) is 0 Å². The third-order valence-electron chi connectivity index (χ3n) is 1.79. The second-order valence-corrected chi connectivity index (χ2v) is 4.31. The topological polar surface area (TPSA) is 43.6 Å². The first-order valence-electron chi connectivity index (χ1n) is 3.96. The highest BCUT2D eigenvalue weighted by Crippen LogP contribution is 2.29. The zero-order valence-electron chi connectivity index (χ0n) is 7.58. The molecule has 0 aliphatic rings. The molecule has 0 aromatic carbocycles. The van der Waals surface area contributed by atoms with Gasteiger partial charge in [0.25, 0.3) is 0 Å². The highest BCUT2D eigenvalue weighted by atomic mass is 79.9. The Morgan fingerprint density at radius 3 is 2.33 bits per heavy atom. The standard InChI is InChI=1S/C8H5BrCl2N4/c1-15-3-2-12-8(15)7-13-5(10)4(9)6(11)14-7/h2-3H,1H3. The Morgan fingerprint density at radius 2 is 1.87 bits per heavy atom. The number of imidazole rings is 1. The zero-order chi connectivity index (χ0) is 11.0. The minimum Gasteiger partial charge on any atom is -0.331 e. The van der Waals surface area contributed by atoms with E-state index in [4.69, 9.17) is 23.2 Å². The van der Waals surface area contributed by atoms with Gasteiger partial charge in [0, 0.05) is 19.4 Å². The lowest BCUT2D eigenvalue weighted by molar-refractivity contribution is 0.905. The van der Waals surface area contributed by atoms with Gasteiger partial charge in [-0.15, -0.1) is 0 Å². The Bertz CT molecular complexity index is 488. The van der Waals surface area contributed by atoms with Crippen molar-refractivity contribution in [3.05, 3.63) is 27.2 Å². The minimum absolute atomic E-state index is 0.271. The van der Waals surface area contributed by atoms with Gasteiger partial charge in [-0.25, -0.2) is 15.0 Å². The van der Waals surface area contributed by atoms with Gasteiger partial charge in [0.05, 0.1) is 4.47 Å². The number of aryl methyl sites for hydroxylation is 1. The minimum atomic E-state index is 0.271. The van der Waals surface area contributed by atoms with Crippen LogP contribution in [-0.4, -0.2) is 19.5 Å². The van der Waals surface area contributed by atoms with Crippen molar-refractivity contribution < 1.29 is 0 Å². The molecule has 0 spiro atoms. The summed E-state index contributed by atoms with van der Waals surface area (Å²) in [6.45, 7) is 0. The SMILES string of the molecule is Cn1ccnc1-c1nc(Cl)c(Br)c(Cl)n1. The average molecular weight is 308 g/mol. The Morgan fingerprint density at radius 1 is 1.27 bits per heavy atom. The summed E-state index contributed by atoms with van der Waals surface area (Å²) < 4.78 is 2.28. The molecule has 0 saturated heterocycles. The van der Waals surface area contributed by atoms with Crippen LogP contribution in [0, 0.1) is 0 Å². The Labute approximate surface area is 104 Å². The van der Waals surface area contributed by atoms with Crippen LogP contribution in [0.4, 0.5) is 0 Å². The first-order chi connectivity index (χ1) is 7.09. The molecule has 0 aliphatic carbocycles. The van der Waals surface area contributed by atoms with Gasteiger partial charge in [-0.1, -0.05) is 23.2 Å². The molecule has 2 aromatic rings. The third kappa shape index (κ3) is 2.00. The van der Waals surface area contributed by atoms with Gasteiger partial charge in [0.2, 0.25) is 0 Å². The zero-order valence-corrected chi connectivity index (χ0v) is 10.7. The molecule has 0 N–H and O–H groups in total. The molecule has 15 heavy (non-hydrogen) atoms. The van der Waals surface area contributed by atoms with E-state index in [2.05, 4.69) is 30.9 Å². The molecule has 0 atom stereocenters. The van der Waals surface area contributed by atoms with E-state index >= 15 is 0 Å². The summed E-state index contributed by atoms with van der Waals surface area (Å²) in [4.78, 5) is 12.3. The number of halogens is 3. The van der Waals surface area contributed by atoms with Gasteiger partial charge >= 0.3 is 0 Å². The molecule has 4 nitrogen and oxygen atoms in total. The molecule has 0 aliphatic heterocycles. The molecule has 2 rings (SSSR count). The van der Waals surface area contributed by atoms with Crippen molar-refractivity contribution in [2.24, 2.45) is 7.05 Å². The van der Waals surface area contributed by atoms with Crippen LogP contribution in [0.15, 0.2) is 16.9 Å². The first-order valence-corrected chi connectivity index (χ1v) is 5.50. The van der Waals surface area contributed by atoms with E-state index in [0.717, 1.165) is 0 Å². The van der Waals surface area contributed by atoms with Crippen molar-refractivity contribution in [1.29, 1.82) is 0 Å². The normalized spacial score (nSPS) is 10.7. The summed E-state index contributed by atoms with van der Waals surface area (Å²) in [5.74, 6) is 1.02. The Hall–Kier alpha value is -0.650. The predicted molar refractivity (Wildman–Crippen MR) is 62.0 cm³/mol. The van der Waals surface area contributed by atoms with Crippen molar-refractivity contribution in [2.45, 2.75) is 0 Å². The fourth-order valence-corrected chi connectivity index (χ4v) is 1.64. The summed E-state index contributed by atoms with van der Waals surface area (Å²) in [5.41, 5.74) is 0. The van der Waals surface area contributed by atoms with Crippen LogP contribution >= 0.6 is 39.1 Å². The second kappa shape index (κ2) is 4.08. The van der Waals surface area contributed by atoms with Crippen LogP contribution in [0.25, 0.3) is 11.6 Å². The molecule has 0 unspecified atom stereocenters. The number of rotatable bonds is 1. The monoisotopic (exact) mass is 306 g/mol. The largest absolute Gasteiger partial charge is 0.331 e. The quantitative estimate of drug-likeness (QED) is 0.761. The van der Waals surface area contributed by atoms with E-state index < -0.39 is 0 Å². The maximum atomic E-state index is 5.87. The van der Waals surface area contributed by atoms with Crippen molar-refractivity contribution in [3.63, 3.8) is 0 Å². The smallest absolute Gasteiger partial charge is 0.198 e. The van der Waals surface area contributed by atoms with Crippen LogP contribution in [0.2, 0.25) is 10.3 Å². The molecule has 78 valence electrons. The summed E-state index contributed by atoms with van der Waals surface area (Å²) in [6, 6.07) is 0. The molecule has 0 amide bonds. The molecule has 7 heteroatoms. The molecule has 2 aromatic heterocycles. The van der Waals surface area contributed by atoms with Gasteiger partial charge in [-0.2, -0.15) is 0 Å². The van der Waals surface area contributed by atoms with E-state index in [1.807, 2.05) is 7.05 Å². The van der Waals surface area contributed by atoms with Crippen LogP contribution in [0.5, 0.6) is 0 Å². The molecular formula is C8H5BrCl2N4. The van der Waals surface area contributed by atoms with Gasteiger partial charge in [0.15, 0.2) is 11.6 Å². The predicted octanol–water partition coefficient (Wildman–Crippen LogP) is 2.95. The molecule has 0 bridgehead atoms. The summed E-state index contributed by atoms with van der Waals surface area (Å²) >= 11 is 14.9. The van der Waals surface area contributed by atoms with Crippen LogP contribution < -0.4 is 0 Å². The van der Waals surface area contributed by atoms with E-state index in [9.17, 15) is 0 Å². The fraction of sp³-hybridized carbons (Fsp3) is 0.125. The van der Waals surface area contributed by atoms with Gasteiger partial charge in [-0.05, 0) is 15.9 Å². The van der Waals surface area contributed by atoms with Gasteiger partial charge in [-0.3, -0.25) is 0 Å². The van der Waals surface area contributed by atoms with Gasteiger partial charge < -0.3 is 4.57 Å². The molecule has 0 radical (unpaired) electrons. The lowest BCUT2D eigenvalue weighted by Gasteiger charge is -2.03. The Balaban J connectivity index is 2.60. The number of nitrogens with zero attached hydrogens (tertiary/aromatic N) is 4. The average Bonchev–Trinajstić information content (AvgIpc) is 2.60. The van der Waals surface area contributed by atoms with Crippen LogP contribution in [-0.2, 0) is 7.05 Å². The summed E-state index contributed by atoms with van der Waals surface area (Å²) in [7, 11) is 1.84. The Kier molecular flexibility index (Phi) is 2.95. The van der Waals surface area contributed by atoms with E-state index in [1.165, 1.54) is 0 Å². The molecule has 2 heterocycles. The second-order valence-electron chi connectivity index (χ2n) is 2.80. The molecular weight excluding hydrogens is 303 g/mol. The first kappa shape index (κ1) is 10.9. The number of hydrogen-bond acceptors (Lipinski definition) is 3. The van der Waals surface area contributed by atoms with E-state index in [0.29, 0.717) is 16.1 Å². The van der Waals surface area contributed by atoms with Crippen LogP contribution in [0.3, 0.4) is 0 Å². The number of hydrogen-bond donors (Lipinski definition) is 0. The highest BCUT2D eigenvalue weighted by molar-refractivity contribution is 9.10. The van der Waals surface area contributed by atoms with Crippen molar-refractivity contribution >= 4 is 39.1 Å². The van der Waals surface area contributed by atoms with E-state index in [-0.39, 0.29) is 10.3 Å². The molecule has 0 fully saturated rings. The maximum absolute atomic E-state index is 5.87. The van der Waals surface area contributed by atoms with Gasteiger partial charge in [0.1, 0.15) is 10.3 Å². The molecule has 0 saturated carbocycles. The number of aromatic nitrogens is 4. The highest BCUT2D eigenvalue weighted by Gasteiger charge is 2.13. The lowest BCUT2D eigenvalue weighted by atomic mass is 10.5. The van der Waals surface area contributed by atoms with Crippen molar-refractivity contribution in [1.82, 2.24) is 19.5 Å². The lowest BCUT2D eigenvalue weighted by Crippen LogP contribution is -1.98. The van der Waals surface area contributed by atoms with Crippen LogP contribution in [0.1, 0.15) is 0 Å². The fourth-order valence-electron chi connectivity index (χ4n) is 1.08. The third-order valence-corrected chi connectivity index (χ3v) is 3.55. The van der Waals surface area contributed by atoms with Crippen molar-refractivity contribution in [3.8, 4) is 11.6 Å². The maximum Gasteiger partial charge on any atom is 0.198 e. The van der Waals surface area contributed by atoms with E-state index in [1.54, 1.807) is 17.0 Å². The summed E-state index contributed by atoms with van der Waals surface area (Å²) in [6.07, 6.45) is 3.45.